The van der Waals surface area contributed by atoms with Gasteiger partial charge in [0.1, 0.15) is 4.70 Å². The second-order valence-corrected chi connectivity index (χ2v) is 2.91. The van der Waals surface area contributed by atoms with Gasteiger partial charge in [-0.05, 0) is 6.92 Å². The first kappa shape index (κ1) is 6.48. The van der Waals surface area contributed by atoms with Crippen molar-refractivity contribution in [3.05, 3.63) is 21.8 Å². The van der Waals surface area contributed by atoms with E-state index < -0.39 is 5.76 Å². The molecule has 0 aliphatic carbocycles. The Morgan fingerprint density at radius 3 is 3.27 bits per heavy atom. The van der Waals surface area contributed by atoms with Gasteiger partial charge in [-0.3, -0.25) is 0 Å². The molecule has 0 aliphatic heterocycles. The zero-order valence-electron chi connectivity index (χ0n) is 5.70. The van der Waals surface area contributed by atoms with Crippen molar-refractivity contribution in [3.8, 4) is 0 Å². The molecule has 0 radical (unpaired) electrons. The SMILES string of the molecule is Cc1nc(=O)oc2ncsc12. The van der Waals surface area contributed by atoms with E-state index in [4.69, 9.17) is 4.42 Å². The molecule has 0 amide bonds. The number of nitrogens with zero attached hydrogens (tertiary/aromatic N) is 2. The van der Waals surface area contributed by atoms with Crippen molar-refractivity contribution in [3.63, 3.8) is 0 Å². The predicted octanol–water partition coefficient (Wildman–Crippen LogP) is 0.953. The molecule has 2 rings (SSSR count). The molecule has 2 heterocycles. The van der Waals surface area contributed by atoms with Crippen molar-refractivity contribution >= 4 is 21.8 Å². The van der Waals surface area contributed by atoms with Crippen LogP contribution in [0.2, 0.25) is 0 Å². The molecule has 4 nitrogen and oxygen atoms in total. The summed E-state index contributed by atoms with van der Waals surface area (Å²) in [5.74, 6) is -0.583. The van der Waals surface area contributed by atoms with Crippen LogP contribution in [0, 0.1) is 6.92 Å². The lowest BCUT2D eigenvalue weighted by Gasteiger charge is -1.87. The lowest BCUT2D eigenvalue weighted by atomic mass is 10.5. The third kappa shape index (κ3) is 0.932. The van der Waals surface area contributed by atoms with Crippen LogP contribution in [0.4, 0.5) is 0 Å². The molecule has 2 aromatic rings. The third-order valence-corrected chi connectivity index (χ3v) is 2.22. The summed E-state index contributed by atoms with van der Waals surface area (Å²) in [5, 5.41) is 0. The summed E-state index contributed by atoms with van der Waals surface area (Å²) in [6.07, 6.45) is 0. The minimum atomic E-state index is -0.583. The van der Waals surface area contributed by atoms with Crippen molar-refractivity contribution in [1.29, 1.82) is 0 Å². The number of aryl methyl sites for hydroxylation is 1. The van der Waals surface area contributed by atoms with Crippen molar-refractivity contribution in [1.82, 2.24) is 9.97 Å². The lowest BCUT2D eigenvalue weighted by molar-refractivity contribution is 0.520. The van der Waals surface area contributed by atoms with E-state index in [1.807, 2.05) is 0 Å². The van der Waals surface area contributed by atoms with Gasteiger partial charge in [0, 0.05) is 0 Å². The van der Waals surface area contributed by atoms with Gasteiger partial charge in [-0.2, -0.15) is 4.98 Å². The highest BCUT2D eigenvalue weighted by Crippen LogP contribution is 2.17. The Morgan fingerprint density at radius 2 is 2.45 bits per heavy atom. The Bertz CT molecular complexity index is 445. The molecule has 56 valence electrons. The third-order valence-electron chi connectivity index (χ3n) is 1.31. The zero-order valence-corrected chi connectivity index (χ0v) is 6.51. The molecule has 5 heteroatoms. The summed E-state index contributed by atoms with van der Waals surface area (Å²) in [6, 6.07) is 0. The van der Waals surface area contributed by atoms with Gasteiger partial charge in [0.05, 0.1) is 11.2 Å². The molecular weight excluding hydrogens is 164 g/mol. The van der Waals surface area contributed by atoms with Gasteiger partial charge >= 0.3 is 5.76 Å². The van der Waals surface area contributed by atoms with Gasteiger partial charge in [0.15, 0.2) is 0 Å². The molecule has 0 spiro atoms. The smallest absolute Gasteiger partial charge is 0.388 e. The minimum Gasteiger partial charge on any atom is -0.388 e. The van der Waals surface area contributed by atoms with Gasteiger partial charge in [-0.25, -0.2) is 9.78 Å². The topological polar surface area (TPSA) is 56.0 Å². The Labute approximate surface area is 65.5 Å². The van der Waals surface area contributed by atoms with Crippen molar-refractivity contribution < 1.29 is 4.42 Å². The van der Waals surface area contributed by atoms with Gasteiger partial charge in [0.25, 0.3) is 0 Å². The van der Waals surface area contributed by atoms with Crippen LogP contribution in [-0.4, -0.2) is 9.97 Å². The van der Waals surface area contributed by atoms with Crippen LogP contribution in [0.3, 0.4) is 0 Å². The fourth-order valence-electron chi connectivity index (χ4n) is 0.842. The molecule has 2 aromatic heterocycles. The fourth-order valence-corrected chi connectivity index (χ4v) is 1.51. The normalized spacial score (nSPS) is 10.6. The molecule has 0 aliphatic rings. The minimum absolute atomic E-state index is 0.382. The number of aromatic nitrogens is 2. The lowest BCUT2D eigenvalue weighted by Crippen LogP contribution is -2.04. The molecule has 0 saturated heterocycles. The molecule has 11 heavy (non-hydrogen) atoms. The maximum absolute atomic E-state index is 10.7. The Hall–Kier alpha value is -1.23. The Morgan fingerprint density at radius 1 is 1.64 bits per heavy atom. The number of fused-ring (bicyclic) bond motifs is 1. The van der Waals surface area contributed by atoms with E-state index >= 15 is 0 Å². The van der Waals surface area contributed by atoms with Crippen LogP contribution in [0.25, 0.3) is 10.4 Å². The van der Waals surface area contributed by atoms with E-state index in [1.165, 1.54) is 11.3 Å². The maximum atomic E-state index is 10.7. The largest absolute Gasteiger partial charge is 0.440 e. The summed E-state index contributed by atoms with van der Waals surface area (Å²) in [5.41, 5.74) is 2.69. The average Bonchev–Trinajstić information content (AvgIpc) is 2.34. The highest BCUT2D eigenvalue weighted by atomic mass is 32.1. The fraction of sp³-hybridized carbons (Fsp3) is 0.167. The number of hydrogen-bond donors (Lipinski definition) is 0. The highest BCUT2D eigenvalue weighted by molar-refractivity contribution is 7.16. The average molecular weight is 168 g/mol. The summed E-state index contributed by atoms with van der Waals surface area (Å²) in [6.45, 7) is 1.76. The van der Waals surface area contributed by atoms with Crippen LogP contribution in [0.15, 0.2) is 14.7 Å². The van der Waals surface area contributed by atoms with Gasteiger partial charge in [0.2, 0.25) is 5.71 Å². The summed E-state index contributed by atoms with van der Waals surface area (Å²) < 4.78 is 5.55. The summed E-state index contributed by atoms with van der Waals surface area (Å²) in [7, 11) is 0. The zero-order chi connectivity index (χ0) is 7.84. The van der Waals surface area contributed by atoms with Crippen molar-refractivity contribution in [2.75, 3.05) is 0 Å². The quantitative estimate of drug-likeness (QED) is 0.587. The van der Waals surface area contributed by atoms with E-state index in [-0.39, 0.29) is 0 Å². The number of rotatable bonds is 0. The van der Waals surface area contributed by atoms with E-state index in [0.29, 0.717) is 11.4 Å². The van der Waals surface area contributed by atoms with E-state index in [2.05, 4.69) is 9.97 Å². The molecule has 0 fully saturated rings. The molecule has 0 unspecified atom stereocenters. The number of hydrogen-bond acceptors (Lipinski definition) is 5. The van der Waals surface area contributed by atoms with Gasteiger partial charge in [-0.15, -0.1) is 11.3 Å². The molecule has 0 bridgehead atoms. The molecule has 0 saturated carbocycles. The number of thiazole rings is 1. The molecular formula is C6H4N2O2S. The van der Waals surface area contributed by atoms with Crippen LogP contribution in [0.1, 0.15) is 5.69 Å². The first-order valence-electron chi connectivity index (χ1n) is 2.98. The van der Waals surface area contributed by atoms with Gasteiger partial charge < -0.3 is 4.42 Å². The molecule has 0 aromatic carbocycles. The Kier molecular flexibility index (Phi) is 1.25. The summed E-state index contributed by atoms with van der Waals surface area (Å²) in [4.78, 5) is 18.2. The van der Waals surface area contributed by atoms with E-state index in [0.717, 1.165) is 4.70 Å². The van der Waals surface area contributed by atoms with Crippen molar-refractivity contribution in [2.45, 2.75) is 6.92 Å². The van der Waals surface area contributed by atoms with Crippen LogP contribution in [-0.2, 0) is 0 Å². The van der Waals surface area contributed by atoms with Crippen LogP contribution < -0.4 is 5.76 Å². The second kappa shape index (κ2) is 2.13. The standard InChI is InChI=1S/C6H4N2O2S/c1-3-4-5(7-2-11-4)10-6(9)8-3/h2H,1H3. The van der Waals surface area contributed by atoms with Crippen LogP contribution >= 0.6 is 11.3 Å². The van der Waals surface area contributed by atoms with Crippen molar-refractivity contribution in [2.24, 2.45) is 0 Å². The first-order valence-corrected chi connectivity index (χ1v) is 3.86. The van der Waals surface area contributed by atoms with Gasteiger partial charge in [-0.1, -0.05) is 0 Å². The second-order valence-electron chi connectivity index (χ2n) is 2.05. The Balaban J connectivity index is 3.02. The van der Waals surface area contributed by atoms with Crippen LogP contribution in [0.5, 0.6) is 0 Å². The molecule has 0 atom stereocenters. The van der Waals surface area contributed by atoms with E-state index in [9.17, 15) is 4.79 Å². The maximum Gasteiger partial charge on any atom is 0.440 e. The first-order chi connectivity index (χ1) is 5.27. The predicted molar refractivity (Wildman–Crippen MR) is 40.7 cm³/mol. The van der Waals surface area contributed by atoms with E-state index in [1.54, 1.807) is 12.4 Å². The highest BCUT2D eigenvalue weighted by Gasteiger charge is 2.04. The monoisotopic (exact) mass is 168 g/mol. The molecule has 0 N–H and O–H groups in total. The summed E-state index contributed by atoms with van der Waals surface area (Å²) >= 11 is 1.42.